The van der Waals surface area contributed by atoms with Crippen LogP contribution in [-0.4, -0.2) is 54.6 Å². The Morgan fingerprint density at radius 2 is 2.00 bits per heavy atom. The summed E-state index contributed by atoms with van der Waals surface area (Å²) in [7, 11) is 0. The summed E-state index contributed by atoms with van der Waals surface area (Å²) in [5.41, 5.74) is 0.421. The van der Waals surface area contributed by atoms with E-state index in [-0.39, 0.29) is 24.0 Å². The Kier molecular flexibility index (Phi) is 6.11. The van der Waals surface area contributed by atoms with Crippen LogP contribution in [0.1, 0.15) is 27.2 Å². The minimum atomic E-state index is 0. The van der Waals surface area contributed by atoms with Gasteiger partial charge in [0, 0.05) is 45.0 Å². The van der Waals surface area contributed by atoms with E-state index >= 15 is 0 Å². The van der Waals surface area contributed by atoms with Crippen LogP contribution < -0.4 is 10.2 Å². The predicted molar refractivity (Wildman–Crippen MR) is 107 cm³/mol. The fourth-order valence-corrected chi connectivity index (χ4v) is 2.94. The maximum Gasteiger partial charge on any atom is 0.194 e. The molecule has 2 fully saturated rings. The molecule has 23 heavy (non-hydrogen) atoms. The Balaban J connectivity index is 0.00000192. The molecular formula is C17H28IN5. The molecule has 1 aliphatic carbocycles. The Bertz CT molecular complexity index is 523. The normalized spacial score (nSPS) is 23.3. The first-order valence-electron chi connectivity index (χ1n) is 8.32. The Morgan fingerprint density at radius 3 is 2.52 bits per heavy atom. The van der Waals surface area contributed by atoms with Gasteiger partial charge in [0.25, 0.3) is 0 Å². The van der Waals surface area contributed by atoms with Gasteiger partial charge in [-0.3, -0.25) is 4.99 Å². The largest absolute Gasteiger partial charge is 0.353 e. The van der Waals surface area contributed by atoms with Crippen LogP contribution >= 0.6 is 24.0 Å². The third-order valence-corrected chi connectivity index (χ3v) is 4.68. The van der Waals surface area contributed by atoms with E-state index in [1.165, 1.54) is 6.42 Å². The minimum absolute atomic E-state index is 0. The van der Waals surface area contributed by atoms with Gasteiger partial charge in [0.1, 0.15) is 5.82 Å². The zero-order valence-electron chi connectivity index (χ0n) is 14.3. The molecule has 1 unspecified atom stereocenters. The van der Waals surface area contributed by atoms with Crippen molar-refractivity contribution in [2.75, 3.05) is 37.6 Å². The monoisotopic (exact) mass is 429 g/mol. The molecule has 0 radical (unpaired) electrons. The van der Waals surface area contributed by atoms with Gasteiger partial charge in [-0.15, -0.1) is 24.0 Å². The zero-order chi connectivity index (χ0) is 15.6. The second kappa shape index (κ2) is 7.68. The quantitative estimate of drug-likeness (QED) is 0.456. The first kappa shape index (κ1) is 18.3. The SMILES string of the molecule is CCN=C(NC1CC1(C)C)N1CCN(c2ccccn2)CC1.I. The average Bonchev–Trinajstić information content (AvgIpc) is 3.14. The van der Waals surface area contributed by atoms with Crippen LogP contribution in [0.25, 0.3) is 0 Å². The first-order chi connectivity index (χ1) is 10.6. The van der Waals surface area contributed by atoms with Crippen molar-refractivity contribution in [2.45, 2.75) is 33.2 Å². The minimum Gasteiger partial charge on any atom is -0.353 e. The molecule has 1 aliphatic heterocycles. The van der Waals surface area contributed by atoms with E-state index in [0.717, 1.165) is 44.5 Å². The first-order valence-corrected chi connectivity index (χ1v) is 8.32. The van der Waals surface area contributed by atoms with Crippen LogP contribution in [-0.2, 0) is 0 Å². The molecule has 6 heteroatoms. The molecule has 1 atom stereocenters. The highest BCUT2D eigenvalue weighted by molar-refractivity contribution is 14.0. The summed E-state index contributed by atoms with van der Waals surface area (Å²) in [5.74, 6) is 2.16. The van der Waals surface area contributed by atoms with Crippen LogP contribution in [0.3, 0.4) is 0 Å². The lowest BCUT2D eigenvalue weighted by Gasteiger charge is -2.37. The number of hydrogen-bond acceptors (Lipinski definition) is 3. The van der Waals surface area contributed by atoms with Gasteiger partial charge < -0.3 is 15.1 Å². The molecule has 1 saturated carbocycles. The van der Waals surface area contributed by atoms with Gasteiger partial charge in [-0.2, -0.15) is 0 Å². The molecule has 1 N–H and O–H groups in total. The summed E-state index contributed by atoms with van der Waals surface area (Å²) in [4.78, 5) is 13.9. The number of halogens is 1. The average molecular weight is 429 g/mol. The lowest BCUT2D eigenvalue weighted by molar-refractivity contribution is 0.368. The number of hydrogen-bond donors (Lipinski definition) is 1. The Morgan fingerprint density at radius 1 is 1.30 bits per heavy atom. The van der Waals surface area contributed by atoms with Gasteiger partial charge in [-0.05, 0) is 30.9 Å². The Hall–Kier alpha value is -1.05. The van der Waals surface area contributed by atoms with Crippen LogP contribution in [0.4, 0.5) is 5.82 Å². The van der Waals surface area contributed by atoms with Crippen LogP contribution in [0.2, 0.25) is 0 Å². The highest BCUT2D eigenvalue weighted by atomic mass is 127. The van der Waals surface area contributed by atoms with E-state index in [0.29, 0.717) is 11.5 Å². The molecule has 1 aromatic heterocycles. The maximum atomic E-state index is 4.69. The van der Waals surface area contributed by atoms with Crippen molar-refractivity contribution >= 4 is 35.8 Å². The van der Waals surface area contributed by atoms with Crippen molar-refractivity contribution in [1.82, 2.24) is 15.2 Å². The lowest BCUT2D eigenvalue weighted by atomic mass is 10.2. The summed E-state index contributed by atoms with van der Waals surface area (Å²) in [6.45, 7) is 11.5. The zero-order valence-corrected chi connectivity index (χ0v) is 16.7. The van der Waals surface area contributed by atoms with E-state index in [1.54, 1.807) is 0 Å². The number of piperazine rings is 1. The smallest absolute Gasteiger partial charge is 0.194 e. The molecule has 0 amide bonds. The van der Waals surface area contributed by atoms with Gasteiger partial charge in [-0.25, -0.2) is 4.98 Å². The third kappa shape index (κ3) is 4.49. The summed E-state index contributed by atoms with van der Waals surface area (Å²) in [5, 5.41) is 3.65. The third-order valence-electron chi connectivity index (χ3n) is 4.68. The summed E-state index contributed by atoms with van der Waals surface area (Å²) < 4.78 is 0. The van der Waals surface area contributed by atoms with Crippen molar-refractivity contribution in [3.63, 3.8) is 0 Å². The number of rotatable bonds is 3. The molecule has 5 nitrogen and oxygen atoms in total. The van der Waals surface area contributed by atoms with Gasteiger partial charge in [0.2, 0.25) is 0 Å². The van der Waals surface area contributed by atoms with E-state index in [4.69, 9.17) is 0 Å². The number of anilines is 1. The van der Waals surface area contributed by atoms with Crippen LogP contribution in [0.15, 0.2) is 29.4 Å². The highest BCUT2D eigenvalue weighted by Gasteiger charge is 2.46. The molecule has 2 aliphatic rings. The molecule has 1 aromatic rings. The molecule has 0 spiro atoms. The van der Waals surface area contributed by atoms with Gasteiger partial charge in [0.15, 0.2) is 5.96 Å². The number of nitrogens with one attached hydrogen (secondary N) is 1. The summed E-state index contributed by atoms with van der Waals surface area (Å²) in [6.07, 6.45) is 3.10. The molecule has 0 bridgehead atoms. The van der Waals surface area contributed by atoms with Crippen molar-refractivity contribution in [3.8, 4) is 0 Å². The molecule has 2 heterocycles. The highest BCUT2D eigenvalue weighted by Crippen LogP contribution is 2.44. The second-order valence-corrected chi connectivity index (χ2v) is 6.85. The van der Waals surface area contributed by atoms with Crippen LogP contribution in [0, 0.1) is 5.41 Å². The number of aliphatic imine (C=N–C) groups is 1. The van der Waals surface area contributed by atoms with E-state index < -0.39 is 0 Å². The van der Waals surface area contributed by atoms with Gasteiger partial charge in [0.05, 0.1) is 0 Å². The van der Waals surface area contributed by atoms with Crippen molar-refractivity contribution in [2.24, 2.45) is 10.4 Å². The van der Waals surface area contributed by atoms with Crippen molar-refractivity contribution in [3.05, 3.63) is 24.4 Å². The van der Waals surface area contributed by atoms with Gasteiger partial charge >= 0.3 is 0 Å². The number of nitrogens with zero attached hydrogens (tertiary/aromatic N) is 4. The summed E-state index contributed by atoms with van der Waals surface area (Å²) in [6, 6.07) is 6.68. The topological polar surface area (TPSA) is 43.8 Å². The molecular weight excluding hydrogens is 401 g/mol. The fourth-order valence-electron chi connectivity index (χ4n) is 2.94. The molecule has 3 rings (SSSR count). The fraction of sp³-hybridized carbons (Fsp3) is 0.647. The van der Waals surface area contributed by atoms with E-state index in [2.05, 4.69) is 58.0 Å². The second-order valence-electron chi connectivity index (χ2n) is 6.85. The van der Waals surface area contributed by atoms with Crippen molar-refractivity contribution in [1.29, 1.82) is 0 Å². The number of pyridine rings is 1. The number of guanidine groups is 1. The number of aromatic nitrogens is 1. The molecule has 1 saturated heterocycles. The maximum absolute atomic E-state index is 4.69. The Labute approximate surface area is 156 Å². The van der Waals surface area contributed by atoms with Crippen LogP contribution in [0.5, 0.6) is 0 Å². The van der Waals surface area contributed by atoms with Crippen molar-refractivity contribution < 1.29 is 0 Å². The van der Waals surface area contributed by atoms with Gasteiger partial charge in [-0.1, -0.05) is 19.9 Å². The lowest BCUT2D eigenvalue weighted by Crippen LogP contribution is -2.53. The van der Waals surface area contributed by atoms with E-state index in [9.17, 15) is 0 Å². The predicted octanol–water partition coefficient (Wildman–Crippen LogP) is 2.59. The molecule has 128 valence electrons. The van der Waals surface area contributed by atoms with E-state index in [1.807, 2.05) is 12.3 Å². The standard InChI is InChI=1S/C17H27N5.HI/c1-4-18-16(20-14-13-17(14,2)3)22-11-9-21(10-12-22)15-7-5-6-8-19-15;/h5-8,14H,4,9-13H2,1-3H3,(H,18,20);1H. The summed E-state index contributed by atoms with van der Waals surface area (Å²) >= 11 is 0. The molecule has 0 aromatic carbocycles.